The van der Waals surface area contributed by atoms with Gasteiger partial charge in [0.1, 0.15) is 5.69 Å². The highest BCUT2D eigenvalue weighted by atomic mass is 16.5. The van der Waals surface area contributed by atoms with Crippen molar-refractivity contribution in [2.24, 2.45) is 0 Å². The first kappa shape index (κ1) is 17.2. The Morgan fingerprint density at radius 1 is 1.26 bits per heavy atom. The second-order valence-electron chi connectivity index (χ2n) is 8.48. The number of benzene rings is 1. The first-order chi connectivity index (χ1) is 13.2. The number of hydrogen-bond acceptors (Lipinski definition) is 5. The minimum absolute atomic E-state index is 0.278. The van der Waals surface area contributed by atoms with Crippen molar-refractivity contribution in [3.05, 3.63) is 30.0 Å². The molecule has 3 fully saturated rings. The summed E-state index contributed by atoms with van der Waals surface area (Å²) >= 11 is 0. The predicted octanol–water partition coefficient (Wildman–Crippen LogP) is 2.76. The smallest absolute Gasteiger partial charge is 0.113 e. The van der Waals surface area contributed by atoms with Gasteiger partial charge in [0.15, 0.2) is 0 Å². The molecule has 1 spiro atoms. The number of aryl methyl sites for hydroxylation is 1. The minimum atomic E-state index is 0.278. The number of aromatic nitrogens is 3. The van der Waals surface area contributed by atoms with Crippen molar-refractivity contribution < 1.29 is 4.74 Å². The summed E-state index contributed by atoms with van der Waals surface area (Å²) in [6.45, 7) is 7.28. The maximum Gasteiger partial charge on any atom is 0.113 e. The minimum Gasteiger partial charge on any atom is -0.376 e. The van der Waals surface area contributed by atoms with Crippen LogP contribution in [0.2, 0.25) is 0 Å². The van der Waals surface area contributed by atoms with Crippen LogP contribution in [0.3, 0.4) is 0 Å². The van der Waals surface area contributed by atoms with Crippen LogP contribution in [0, 0.1) is 6.92 Å². The van der Waals surface area contributed by atoms with E-state index in [1.165, 1.54) is 49.0 Å². The Bertz CT molecular complexity index is 797. The molecule has 0 unspecified atom stereocenters. The fourth-order valence-electron chi connectivity index (χ4n) is 4.81. The van der Waals surface area contributed by atoms with E-state index in [-0.39, 0.29) is 6.10 Å². The molecule has 3 saturated heterocycles. The second kappa shape index (κ2) is 6.91. The van der Waals surface area contributed by atoms with Crippen LogP contribution in [0.5, 0.6) is 0 Å². The lowest BCUT2D eigenvalue weighted by atomic mass is 9.87. The summed E-state index contributed by atoms with van der Waals surface area (Å²) < 4.78 is 7.76. The molecule has 144 valence electrons. The maximum absolute atomic E-state index is 5.82. The van der Waals surface area contributed by atoms with Crippen LogP contribution in [-0.4, -0.2) is 52.9 Å². The molecule has 1 atom stereocenters. The number of nitrogens with zero attached hydrogens (tertiary/aromatic N) is 4. The predicted molar refractivity (Wildman–Crippen MR) is 106 cm³/mol. The Labute approximate surface area is 160 Å². The summed E-state index contributed by atoms with van der Waals surface area (Å²) in [5, 5.41) is 12.4. The molecule has 2 aromatic rings. The Morgan fingerprint density at radius 3 is 2.93 bits per heavy atom. The number of nitrogens with one attached hydrogen (secondary N) is 1. The van der Waals surface area contributed by atoms with Gasteiger partial charge in [0.25, 0.3) is 0 Å². The lowest BCUT2D eigenvalue weighted by Crippen LogP contribution is -2.67. The Balaban J connectivity index is 1.27. The topological polar surface area (TPSA) is 55.2 Å². The van der Waals surface area contributed by atoms with Gasteiger partial charge in [-0.2, -0.15) is 0 Å². The maximum atomic E-state index is 5.82. The lowest BCUT2D eigenvalue weighted by Gasteiger charge is -2.49. The van der Waals surface area contributed by atoms with E-state index in [0.29, 0.717) is 5.54 Å². The number of anilines is 1. The van der Waals surface area contributed by atoms with E-state index in [1.807, 2.05) is 4.68 Å². The van der Waals surface area contributed by atoms with E-state index in [9.17, 15) is 0 Å². The Hall–Kier alpha value is -1.92. The summed E-state index contributed by atoms with van der Waals surface area (Å²) in [7, 11) is 0. The molecule has 27 heavy (non-hydrogen) atoms. The second-order valence-corrected chi connectivity index (χ2v) is 8.48. The van der Waals surface area contributed by atoms with Crippen LogP contribution >= 0.6 is 0 Å². The van der Waals surface area contributed by atoms with Crippen LogP contribution in [-0.2, 0) is 11.3 Å². The molecular formula is C21H29N5O. The molecule has 5 rings (SSSR count). The van der Waals surface area contributed by atoms with Crippen molar-refractivity contribution in [2.45, 2.75) is 57.2 Å². The average molecular weight is 367 g/mol. The Morgan fingerprint density at radius 2 is 2.19 bits per heavy atom. The van der Waals surface area contributed by atoms with Crippen molar-refractivity contribution in [1.82, 2.24) is 20.3 Å². The first-order valence-corrected chi connectivity index (χ1v) is 10.3. The van der Waals surface area contributed by atoms with Crippen LogP contribution in [0.15, 0.2) is 24.4 Å². The zero-order valence-corrected chi connectivity index (χ0v) is 16.2. The van der Waals surface area contributed by atoms with Crippen molar-refractivity contribution in [3.8, 4) is 11.3 Å². The van der Waals surface area contributed by atoms with Gasteiger partial charge in [-0.3, -0.25) is 0 Å². The monoisotopic (exact) mass is 367 g/mol. The first-order valence-electron chi connectivity index (χ1n) is 10.3. The van der Waals surface area contributed by atoms with Crippen molar-refractivity contribution >= 4 is 5.69 Å². The summed E-state index contributed by atoms with van der Waals surface area (Å²) in [4.78, 5) is 2.48. The molecule has 6 nitrogen and oxygen atoms in total. The third kappa shape index (κ3) is 3.36. The fourth-order valence-corrected chi connectivity index (χ4v) is 4.81. The normalized spacial score (nSPS) is 24.3. The van der Waals surface area contributed by atoms with E-state index in [2.05, 4.69) is 51.8 Å². The van der Waals surface area contributed by atoms with Gasteiger partial charge in [-0.15, -0.1) is 5.10 Å². The van der Waals surface area contributed by atoms with Crippen molar-refractivity contribution in [3.63, 3.8) is 0 Å². The summed E-state index contributed by atoms with van der Waals surface area (Å²) in [5.41, 5.74) is 5.08. The highest BCUT2D eigenvalue weighted by molar-refractivity contribution is 5.67. The lowest BCUT2D eigenvalue weighted by molar-refractivity contribution is 0.00370. The van der Waals surface area contributed by atoms with Crippen molar-refractivity contribution in [1.29, 1.82) is 0 Å². The molecule has 0 amide bonds. The van der Waals surface area contributed by atoms with E-state index in [4.69, 9.17) is 4.74 Å². The molecular weight excluding hydrogens is 338 g/mol. The highest BCUT2D eigenvalue weighted by Crippen LogP contribution is 2.35. The van der Waals surface area contributed by atoms with E-state index >= 15 is 0 Å². The summed E-state index contributed by atoms with van der Waals surface area (Å²) in [5.74, 6) is 0. The molecule has 0 saturated carbocycles. The van der Waals surface area contributed by atoms with Gasteiger partial charge < -0.3 is 15.0 Å². The molecule has 0 aliphatic carbocycles. The van der Waals surface area contributed by atoms with Gasteiger partial charge in [0.05, 0.1) is 24.4 Å². The molecule has 3 aliphatic heterocycles. The van der Waals surface area contributed by atoms with Crippen LogP contribution < -0.4 is 10.2 Å². The largest absolute Gasteiger partial charge is 0.376 e. The van der Waals surface area contributed by atoms with Gasteiger partial charge in [0.2, 0.25) is 0 Å². The van der Waals surface area contributed by atoms with Crippen LogP contribution in [0.1, 0.15) is 37.7 Å². The third-order valence-corrected chi connectivity index (χ3v) is 6.37. The van der Waals surface area contributed by atoms with Gasteiger partial charge in [-0.25, -0.2) is 4.68 Å². The van der Waals surface area contributed by atoms with Gasteiger partial charge in [-0.05, 0) is 63.3 Å². The Kier molecular flexibility index (Phi) is 4.40. The molecule has 0 bridgehead atoms. The van der Waals surface area contributed by atoms with E-state index < -0.39 is 0 Å². The van der Waals surface area contributed by atoms with Gasteiger partial charge in [0, 0.05) is 30.9 Å². The number of hydrogen-bond donors (Lipinski definition) is 1. The number of ether oxygens (including phenoxy) is 1. The molecule has 1 N–H and O–H groups in total. The standard InChI is InChI=1S/C21H29N5O/c1-16-11-17(25-14-21(15-25)8-4-9-22-21)6-7-19(16)20-13-26(24-23-20)12-18-5-2-3-10-27-18/h6-7,11,13,18,22H,2-5,8-10,12,14-15H2,1H3/t18-/m1/s1. The average Bonchev–Trinajstić information content (AvgIpc) is 3.31. The third-order valence-electron chi connectivity index (χ3n) is 6.37. The molecule has 4 heterocycles. The zero-order valence-electron chi connectivity index (χ0n) is 16.2. The fraction of sp³-hybridized carbons (Fsp3) is 0.619. The molecule has 1 aromatic carbocycles. The summed E-state index contributed by atoms with van der Waals surface area (Å²) in [6.07, 6.45) is 8.51. The van der Waals surface area contributed by atoms with Gasteiger partial charge in [-0.1, -0.05) is 11.3 Å². The molecule has 1 aromatic heterocycles. The number of rotatable bonds is 4. The van der Waals surface area contributed by atoms with Crippen LogP contribution in [0.25, 0.3) is 11.3 Å². The SMILES string of the molecule is Cc1cc(N2CC3(CCCN3)C2)ccc1-c1cn(C[C@H]2CCCCO2)nn1. The highest BCUT2D eigenvalue weighted by Gasteiger charge is 2.44. The van der Waals surface area contributed by atoms with Crippen molar-refractivity contribution in [2.75, 3.05) is 31.1 Å². The molecule has 6 heteroatoms. The van der Waals surface area contributed by atoms with E-state index in [0.717, 1.165) is 38.4 Å². The summed E-state index contributed by atoms with van der Waals surface area (Å²) in [6, 6.07) is 6.72. The molecule has 3 aliphatic rings. The van der Waals surface area contributed by atoms with E-state index in [1.54, 1.807) is 0 Å². The zero-order chi connectivity index (χ0) is 18.3. The van der Waals surface area contributed by atoms with Crippen LogP contribution in [0.4, 0.5) is 5.69 Å². The molecule has 0 radical (unpaired) electrons. The quantitative estimate of drug-likeness (QED) is 0.901. The van der Waals surface area contributed by atoms with Gasteiger partial charge >= 0.3 is 0 Å².